The molecule has 11 heteroatoms. The average molecular weight is 703 g/mol. The van der Waals surface area contributed by atoms with Gasteiger partial charge in [0.2, 0.25) is 0 Å². The molecule has 42 heavy (non-hydrogen) atoms. The number of ether oxygens (including phenoxy) is 2. The number of halogens is 4. The number of alkyl halides is 3. The van der Waals surface area contributed by atoms with Crippen molar-refractivity contribution in [2.24, 2.45) is 0 Å². The van der Waals surface area contributed by atoms with Gasteiger partial charge in [-0.15, -0.1) is 0 Å². The summed E-state index contributed by atoms with van der Waals surface area (Å²) in [6.07, 6.45) is -0.441. The van der Waals surface area contributed by atoms with E-state index < -0.39 is 11.7 Å². The standard InChI is InChI=1S/C31H33F4N4O2.Cs/c1-21(31(33,34)35)29-26-8-5-9-28(37-24(18-32)14-16-39(2)3)27(26)17-23(38-29)7-6-15-36-30(19-41-20-30)22-10-12-25(40-4)13-11-22;/h5-13,17-18,36-37H,1-2,14-16,19-20H2,3-4H3;/q-1;+1/b7-6+,24-18-;. The number of nitrogens with zero attached hydrogens (tertiary/aromatic N) is 2. The summed E-state index contributed by atoms with van der Waals surface area (Å²) in [4.78, 5) is 5.97. The summed E-state index contributed by atoms with van der Waals surface area (Å²) in [5.41, 5.74) is 0.360. The molecule has 3 aromatic rings. The maximum absolute atomic E-state index is 13.8. The topological polar surface area (TPSA) is 58.7 Å². The second kappa shape index (κ2) is 15.4. The number of benzene rings is 2. The minimum absolute atomic E-state index is 0. The van der Waals surface area contributed by atoms with Crippen LogP contribution in [0.4, 0.5) is 23.2 Å². The van der Waals surface area contributed by atoms with Crippen LogP contribution in [-0.2, 0) is 10.3 Å². The summed E-state index contributed by atoms with van der Waals surface area (Å²) in [7, 11) is 7.13. The van der Waals surface area contributed by atoms with Crippen LogP contribution in [0.5, 0.6) is 5.75 Å². The Morgan fingerprint density at radius 3 is 2.48 bits per heavy atom. The molecule has 2 heterocycles. The Morgan fingerprint density at radius 1 is 1.19 bits per heavy atom. The summed E-state index contributed by atoms with van der Waals surface area (Å²) in [6.45, 7) is 5.15. The second-order valence-corrected chi connectivity index (χ2v) is 9.95. The molecule has 2 N–H and O–H groups in total. The number of methoxy groups -OCH3 is 1. The number of hydrogen-bond donors (Lipinski definition) is 2. The molecule has 1 aromatic heterocycles. The van der Waals surface area contributed by atoms with Crippen LogP contribution in [0.1, 0.15) is 23.4 Å². The molecule has 0 saturated carbocycles. The number of allylic oxidation sites excluding steroid dienone is 1. The largest absolute Gasteiger partial charge is 1.00 e. The van der Waals surface area contributed by atoms with Crippen LogP contribution in [0.15, 0.2) is 73.2 Å². The van der Waals surface area contributed by atoms with E-state index in [1.54, 1.807) is 55.5 Å². The molecular formula is C31H33CsF4N4O2. The van der Waals surface area contributed by atoms with Crippen molar-refractivity contribution in [3.05, 3.63) is 97.2 Å². The van der Waals surface area contributed by atoms with E-state index in [1.807, 2.05) is 24.3 Å². The first-order valence-corrected chi connectivity index (χ1v) is 13.0. The molecule has 1 saturated heterocycles. The summed E-state index contributed by atoms with van der Waals surface area (Å²) >= 11 is 0. The predicted octanol–water partition coefficient (Wildman–Crippen LogP) is 3.69. The van der Waals surface area contributed by atoms with E-state index in [1.165, 1.54) is 0 Å². The zero-order valence-electron chi connectivity index (χ0n) is 24.0. The zero-order chi connectivity index (χ0) is 29.6. The third kappa shape index (κ3) is 8.48. The van der Waals surface area contributed by atoms with E-state index in [-0.39, 0.29) is 91.2 Å². The first-order chi connectivity index (χ1) is 19.6. The first kappa shape index (κ1) is 34.8. The second-order valence-electron chi connectivity index (χ2n) is 9.95. The Morgan fingerprint density at radius 2 is 1.90 bits per heavy atom. The average Bonchev–Trinajstić information content (AvgIpc) is 2.93. The van der Waals surface area contributed by atoms with Crippen molar-refractivity contribution < 1.29 is 95.9 Å². The molecule has 0 aliphatic carbocycles. The van der Waals surface area contributed by atoms with E-state index in [0.29, 0.717) is 55.8 Å². The van der Waals surface area contributed by atoms with Gasteiger partial charge in [0.15, 0.2) is 0 Å². The van der Waals surface area contributed by atoms with E-state index in [4.69, 9.17) is 9.47 Å². The Hall–Kier alpha value is -1.68. The van der Waals surface area contributed by atoms with Gasteiger partial charge in [-0.2, -0.15) is 13.2 Å². The molecule has 1 fully saturated rings. The Bertz CT molecular complexity index is 1440. The predicted molar refractivity (Wildman–Crippen MR) is 155 cm³/mol. The van der Waals surface area contributed by atoms with E-state index in [0.717, 1.165) is 11.3 Å². The fourth-order valence-electron chi connectivity index (χ4n) is 4.50. The van der Waals surface area contributed by atoms with Gasteiger partial charge in [0, 0.05) is 35.1 Å². The number of anilines is 1. The van der Waals surface area contributed by atoms with Crippen LogP contribution in [0, 0.1) is 7.05 Å². The summed E-state index contributed by atoms with van der Waals surface area (Å²) in [5, 5.41) is 7.21. The molecular weight excluding hydrogens is 669 g/mol. The minimum Gasteiger partial charge on any atom is -0.497 e. The van der Waals surface area contributed by atoms with Gasteiger partial charge in [0.05, 0.1) is 42.8 Å². The molecule has 6 nitrogen and oxygen atoms in total. The Labute approximate surface area is 302 Å². The molecule has 0 radical (unpaired) electrons. The van der Waals surface area contributed by atoms with Crippen molar-refractivity contribution in [1.29, 1.82) is 0 Å². The number of fused-ring (bicyclic) bond motifs is 1. The normalized spacial score (nSPS) is 15.0. The van der Waals surface area contributed by atoms with E-state index in [2.05, 4.69) is 29.2 Å². The fourth-order valence-corrected chi connectivity index (χ4v) is 4.50. The van der Waals surface area contributed by atoms with Gasteiger partial charge < -0.3 is 25.0 Å². The quantitative estimate of drug-likeness (QED) is 0.222. The van der Waals surface area contributed by atoms with Gasteiger partial charge >= 0.3 is 75.1 Å². The number of nitrogens with one attached hydrogen (secondary N) is 2. The smallest absolute Gasteiger partial charge is 0.497 e. The molecule has 0 bridgehead atoms. The van der Waals surface area contributed by atoms with Crippen molar-refractivity contribution in [3.63, 3.8) is 0 Å². The van der Waals surface area contributed by atoms with Crippen LogP contribution in [-0.4, -0.2) is 56.5 Å². The molecule has 0 spiro atoms. The number of hydrogen-bond acceptors (Lipinski definition) is 6. The van der Waals surface area contributed by atoms with Crippen LogP contribution >= 0.6 is 0 Å². The molecule has 218 valence electrons. The molecule has 0 unspecified atom stereocenters. The van der Waals surface area contributed by atoms with Gasteiger partial charge in [-0.3, -0.25) is 7.05 Å². The Balaban J connectivity index is 0.00000484. The fraction of sp³-hybridized carbons (Fsp3) is 0.290. The van der Waals surface area contributed by atoms with Crippen LogP contribution in [0.2, 0.25) is 0 Å². The molecule has 1 aliphatic heterocycles. The van der Waals surface area contributed by atoms with Crippen molar-refractivity contribution in [1.82, 2.24) is 15.2 Å². The summed E-state index contributed by atoms with van der Waals surface area (Å²) < 4.78 is 65.6. The van der Waals surface area contributed by atoms with Crippen molar-refractivity contribution in [2.45, 2.75) is 18.1 Å². The summed E-state index contributed by atoms with van der Waals surface area (Å²) in [5.74, 6) is 0.750. The van der Waals surface area contributed by atoms with Crippen molar-refractivity contribution in [3.8, 4) is 5.75 Å². The van der Waals surface area contributed by atoms with Gasteiger partial charge in [-0.05, 0) is 49.5 Å². The van der Waals surface area contributed by atoms with Crippen LogP contribution in [0.25, 0.3) is 22.4 Å². The number of pyridine rings is 1. The molecule has 0 atom stereocenters. The van der Waals surface area contributed by atoms with Crippen LogP contribution < -0.4 is 84.3 Å². The van der Waals surface area contributed by atoms with Crippen molar-refractivity contribution in [2.75, 3.05) is 45.8 Å². The van der Waals surface area contributed by atoms with Gasteiger partial charge in [-0.25, -0.2) is 9.37 Å². The third-order valence-corrected chi connectivity index (χ3v) is 6.90. The molecule has 4 rings (SSSR count). The van der Waals surface area contributed by atoms with Gasteiger partial charge in [-0.1, -0.05) is 36.9 Å². The monoisotopic (exact) mass is 702 g/mol. The first-order valence-electron chi connectivity index (χ1n) is 13.0. The Kier molecular flexibility index (Phi) is 12.7. The van der Waals surface area contributed by atoms with E-state index in [9.17, 15) is 17.6 Å². The number of aromatic nitrogens is 1. The maximum atomic E-state index is 13.8. The maximum Gasteiger partial charge on any atom is 1.00 e. The molecule has 2 aromatic carbocycles. The van der Waals surface area contributed by atoms with Gasteiger partial charge in [0.1, 0.15) is 12.1 Å². The van der Waals surface area contributed by atoms with E-state index >= 15 is 0 Å². The summed E-state index contributed by atoms with van der Waals surface area (Å²) in [6, 6.07) is 14.2. The molecule has 1 aliphatic rings. The minimum atomic E-state index is -4.68. The van der Waals surface area contributed by atoms with Gasteiger partial charge in [0.25, 0.3) is 0 Å². The SMILES string of the molecule is C=C(c1nc(/C=C/CNC2(c3ccc(OC)cc3)COC2)cc2c(N/C(=C\F)CCN([CH2-])C)cccc12)C(F)(F)F.[Cs+]. The number of rotatable bonds is 12. The zero-order valence-corrected chi connectivity index (χ0v) is 30.3. The van der Waals surface area contributed by atoms with Crippen LogP contribution in [0.3, 0.4) is 0 Å². The van der Waals surface area contributed by atoms with Crippen molar-refractivity contribution >= 4 is 28.1 Å². The molecule has 0 amide bonds. The third-order valence-electron chi connectivity index (χ3n) is 6.90.